The van der Waals surface area contributed by atoms with Crippen molar-refractivity contribution in [1.82, 2.24) is 0 Å². The molecule has 0 aliphatic rings. The van der Waals surface area contributed by atoms with Gasteiger partial charge in [0.05, 0.1) is 6.61 Å². The fraction of sp³-hybridized carbons (Fsp3) is 0.300. The standard InChI is InChI=1S/C10H13NO4/c11-5-9(10(13)14)15-8-4-2-1-3-7(8)6-12/h1-4,9,12H,5-6,11H2,(H,13,14). The SMILES string of the molecule is NCC(Oc1ccccc1CO)C(=O)O. The Hall–Kier alpha value is -1.59. The summed E-state index contributed by atoms with van der Waals surface area (Å²) >= 11 is 0. The Morgan fingerprint density at radius 3 is 2.67 bits per heavy atom. The number of nitrogens with two attached hydrogens (primary N) is 1. The van der Waals surface area contributed by atoms with Crippen molar-refractivity contribution in [2.24, 2.45) is 5.73 Å². The number of para-hydroxylation sites is 1. The van der Waals surface area contributed by atoms with E-state index in [0.717, 1.165) is 0 Å². The van der Waals surface area contributed by atoms with Crippen LogP contribution in [0.15, 0.2) is 24.3 Å². The number of hydrogen-bond acceptors (Lipinski definition) is 4. The predicted molar refractivity (Wildman–Crippen MR) is 53.5 cm³/mol. The van der Waals surface area contributed by atoms with Crippen molar-refractivity contribution in [3.05, 3.63) is 29.8 Å². The molecular formula is C10H13NO4. The number of carboxylic acid groups (broad SMARTS) is 1. The first-order chi connectivity index (χ1) is 7.19. The Kier molecular flexibility index (Phi) is 4.08. The maximum Gasteiger partial charge on any atom is 0.346 e. The van der Waals surface area contributed by atoms with E-state index in [0.29, 0.717) is 11.3 Å². The first-order valence-electron chi connectivity index (χ1n) is 4.47. The van der Waals surface area contributed by atoms with Crippen LogP contribution in [0.2, 0.25) is 0 Å². The summed E-state index contributed by atoms with van der Waals surface area (Å²) in [6.07, 6.45) is -1.09. The molecule has 0 fully saturated rings. The van der Waals surface area contributed by atoms with Gasteiger partial charge in [0.15, 0.2) is 0 Å². The van der Waals surface area contributed by atoms with E-state index in [4.69, 9.17) is 20.7 Å². The number of hydrogen-bond donors (Lipinski definition) is 3. The van der Waals surface area contributed by atoms with Gasteiger partial charge in [-0.15, -0.1) is 0 Å². The third-order valence-electron chi connectivity index (χ3n) is 1.90. The lowest BCUT2D eigenvalue weighted by atomic mass is 10.2. The minimum Gasteiger partial charge on any atom is -0.478 e. The van der Waals surface area contributed by atoms with Crippen LogP contribution in [-0.4, -0.2) is 28.8 Å². The highest BCUT2D eigenvalue weighted by Crippen LogP contribution is 2.18. The first kappa shape index (κ1) is 11.5. The number of aliphatic hydroxyl groups is 1. The van der Waals surface area contributed by atoms with E-state index in [1.807, 2.05) is 0 Å². The lowest BCUT2D eigenvalue weighted by molar-refractivity contribution is -0.144. The molecule has 0 heterocycles. The number of aliphatic carboxylic acids is 1. The zero-order chi connectivity index (χ0) is 11.3. The largest absolute Gasteiger partial charge is 0.478 e. The number of benzene rings is 1. The van der Waals surface area contributed by atoms with Gasteiger partial charge in [0, 0.05) is 12.1 Å². The molecule has 0 amide bonds. The normalized spacial score (nSPS) is 12.1. The molecule has 5 heteroatoms. The second kappa shape index (κ2) is 5.33. The summed E-state index contributed by atoms with van der Waals surface area (Å²) in [5, 5.41) is 17.7. The van der Waals surface area contributed by atoms with E-state index in [2.05, 4.69) is 0 Å². The van der Waals surface area contributed by atoms with Crippen LogP contribution in [0.4, 0.5) is 0 Å². The van der Waals surface area contributed by atoms with Crippen molar-refractivity contribution in [3.63, 3.8) is 0 Å². The Morgan fingerprint density at radius 1 is 1.47 bits per heavy atom. The number of carboxylic acids is 1. The minimum absolute atomic E-state index is 0.116. The zero-order valence-electron chi connectivity index (χ0n) is 8.09. The molecule has 0 spiro atoms. The van der Waals surface area contributed by atoms with Crippen LogP contribution >= 0.6 is 0 Å². The second-order valence-electron chi connectivity index (χ2n) is 2.95. The molecule has 0 saturated heterocycles. The van der Waals surface area contributed by atoms with Gasteiger partial charge < -0.3 is 20.7 Å². The lowest BCUT2D eigenvalue weighted by Crippen LogP contribution is -2.35. The number of carbonyl (C=O) groups is 1. The van der Waals surface area contributed by atoms with E-state index < -0.39 is 12.1 Å². The summed E-state index contributed by atoms with van der Waals surface area (Å²) in [6.45, 7) is -0.317. The van der Waals surface area contributed by atoms with Gasteiger partial charge >= 0.3 is 5.97 Å². The summed E-state index contributed by atoms with van der Waals surface area (Å²) in [5.74, 6) is -0.775. The van der Waals surface area contributed by atoms with Gasteiger partial charge in [-0.1, -0.05) is 18.2 Å². The molecule has 4 N–H and O–H groups in total. The van der Waals surface area contributed by atoms with Crippen molar-refractivity contribution in [3.8, 4) is 5.75 Å². The topological polar surface area (TPSA) is 92.8 Å². The van der Waals surface area contributed by atoms with Crippen LogP contribution in [0.5, 0.6) is 5.75 Å². The lowest BCUT2D eigenvalue weighted by Gasteiger charge is -2.15. The molecule has 0 saturated carbocycles. The zero-order valence-corrected chi connectivity index (χ0v) is 8.09. The van der Waals surface area contributed by atoms with E-state index in [9.17, 15) is 4.79 Å². The average Bonchev–Trinajstić information content (AvgIpc) is 2.25. The third kappa shape index (κ3) is 2.93. The van der Waals surface area contributed by atoms with Gasteiger partial charge in [-0.05, 0) is 6.07 Å². The van der Waals surface area contributed by atoms with Gasteiger partial charge in [0.1, 0.15) is 5.75 Å². The monoisotopic (exact) mass is 211 g/mol. The quantitative estimate of drug-likeness (QED) is 0.636. The van der Waals surface area contributed by atoms with Gasteiger partial charge in [-0.2, -0.15) is 0 Å². The summed E-state index contributed by atoms with van der Waals surface area (Å²) in [5.41, 5.74) is 5.78. The summed E-state index contributed by atoms with van der Waals surface area (Å²) in [4.78, 5) is 10.7. The van der Waals surface area contributed by atoms with Crippen molar-refractivity contribution in [2.45, 2.75) is 12.7 Å². The highest BCUT2D eigenvalue weighted by molar-refractivity contribution is 5.73. The van der Waals surface area contributed by atoms with E-state index >= 15 is 0 Å². The van der Waals surface area contributed by atoms with Crippen LogP contribution in [0.3, 0.4) is 0 Å². The third-order valence-corrected chi connectivity index (χ3v) is 1.90. The molecule has 0 aliphatic heterocycles. The summed E-state index contributed by atoms with van der Waals surface area (Å²) < 4.78 is 5.16. The molecule has 0 aromatic heterocycles. The Balaban J connectivity index is 2.82. The van der Waals surface area contributed by atoms with E-state index in [1.165, 1.54) is 0 Å². The van der Waals surface area contributed by atoms with Gasteiger partial charge in [0.2, 0.25) is 6.10 Å². The van der Waals surface area contributed by atoms with Crippen molar-refractivity contribution in [2.75, 3.05) is 6.54 Å². The molecule has 82 valence electrons. The van der Waals surface area contributed by atoms with Gasteiger partial charge in [0.25, 0.3) is 0 Å². The molecule has 0 radical (unpaired) electrons. The van der Waals surface area contributed by atoms with E-state index in [1.54, 1.807) is 24.3 Å². The number of aliphatic hydroxyl groups excluding tert-OH is 1. The predicted octanol–water partition coefficient (Wildman–Crippen LogP) is -0.0304. The fourth-order valence-corrected chi connectivity index (χ4v) is 1.10. The summed E-state index contributed by atoms with van der Waals surface area (Å²) in [6, 6.07) is 6.68. The fourth-order valence-electron chi connectivity index (χ4n) is 1.10. The first-order valence-corrected chi connectivity index (χ1v) is 4.47. The van der Waals surface area contributed by atoms with Crippen LogP contribution in [0.1, 0.15) is 5.56 Å². The minimum atomic E-state index is -1.12. The van der Waals surface area contributed by atoms with Crippen LogP contribution in [0.25, 0.3) is 0 Å². The number of ether oxygens (including phenoxy) is 1. The number of rotatable bonds is 5. The van der Waals surface area contributed by atoms with Crippen LogP contribution < -0.4 is 10.5 Å². The Labute approximate surface area is 87.1 Å². The highest BCUT2D eigenvalue weighted by Gasteiger charge is 2.18. The van der Waals surface area contributed by atoms with Gasteiger partial charge in [-0.3, -0.25) is 0 Å². The molecule has 1 aromatic carbocycles. The molecule has 1 rings (SSSR count). The molecule has 1 unspecified atom stereocenters. The smallest absolute Gasteiger partial charge is 0.346 e. The Morgan fingerprint density at radius 2 is 2.13 bits per heavy atom. The Bertz CT molecular complexity index is 340. The maximum absolute atomic E-state index is 10.7. The van der Waals surface area contributed by atoms with Crippen molar-refractivity contribution in [1.29, 1.82) is 0 Å². The van der Waals surface area contributed by atoms with Gasteiger partial charge in [-0.25, -0.2) is 4.79 Å². The van der Waals surface area contributed by atoms with Crippen LogP contribution in [-0.2, 0) is 11.4 Å². The molecule has 0 bridgehead atoms. The molecule has 1 atom stereocenters. The second-order valence-corrected chi connectivity index (χ2v) is 2.95. The average molecular weight is 211 g/mol. The van der Waals surface area contributed by atoms with Crippen molar-refractivity contribution >= 4 is 5.97 Å². The molecule has 1 aromatic rings. The molecule has 0 aliphatic carbocycles. The van der Waals surface area contributed by atoms with E-state index in [-0.39, 0.29) is 13.2 Å². The molecule has 15 heavy (non-hydrogen) atoms. The molecule has 5 nitrogen and oxygen atoms in total. The maximum atomic E-state index is 10.7. The molecular weight excluding hydrogens is 198 g/mol. The summed E-state index contributed by atoms with van der Waals surface area (Å²) in [7, 11) is 0. The van der Waals surface area contributed by atoms with Crippen LogP contribution in [0, 0.1) is 0 Å². The van der Waals surface area contributed by atoms with Crippen molar-refractivity contribution < 1.29 is 19.7 Å². The highest BCUT2D eigenvalue weighted by atomic mass is 16.5.